The number of ether oxygens (including phenoxy) is 1. The molecule has 1 amide bonds. The van der Waals surface area contributed by atoms with Crippen LogP contribution in [0.3, 0.4) is 0 Å². The van der Waals surface area contributed by atoms with E-state index in [1.54, 1.807) is 24.0 Å². The molecule has 3 aromatic rings. The number of thioether (sulfide) groups is 1. The number of esters is 1. The zero-order valence-corrected chi connectivity index (χ0v) is 17.8. The number of benzene rings is 2. The van der Waals surface area contributed by atoms with Gasteiger partial charge in [0.25, 0.3) is 5.91 Å². The Kier molecular flexibility index (Phi) is 5.59. The number of para-hydroxylation sites is 1. The first-order valence-corrected chi connectivity index (χ1v) is 10.9. The molecule has 2 aromatic carbocycles. The maximum Gasteiger partial charge on any atom is 0.338 e. The van der Waals surface area contributed by atoms with Gasteiger partial charge in [-0.25, -0.2) is 4.79 Å². The second kappa shape index (κ2) is 8.31. The van der Waals surface area contributed by atoms with Crippen molar-refractivity contribution in [3.8, 4) is 5.69 Å². The van der Waals surface area contributed by atoms with Gasteiger partial charge in [-0.3, -0.25) is 9.36 Å². The van der Waals surface area contributed by atoms with E-state index in [0.717, 1.165) is 34.3 Å². The summed E-state index contributed by atoms with van der Waals surface area (Å²) in [7, 11) is 0. The van der Waals surface area contributed by atoms with Gasteiger partial charge in [0.1, 0.15) is 5.82 Å². The molecule has 1 atom stereocenters. The number of hydrogen-bond acceptors (Lipinski definition) is 6. The number of carbonyl (C=O) groups is 2. The quantitative estimate of drug-likeness (QED) is 0.463. The summed E-state index contributed by atoms with van der Waals surface area (Å²) in [4.78, 5) is 27.1. The van der Waals surface area contributed by atoms with E-state index in [4.69, 9.17) is 4.74 Å². The molecule has 4 rings (SSSR count). The summed E-state index contributed by atoms with van der Waals surface area (Å²) in [5, 5.41) is 8.99. The first-order valence-electron chi connectivity index (χ1n) is 9.66. The van der Waals surface area contributed by atoms with Crippen molar-refractivity contribution in [1.29, 1.82) is 0 Å². The van der Waals surface area contributed by atoms with Gasteiger partial charge >= 0.3 is 5.97 Å². The number of rotatable bonds is 5. The monoisotopic (exact) mass is 422 g/mol. The molecule has 0 saturated carbocycles. The topological polar surface area (TPSA) is 77.3 Å². The van der Waals surface area contributed by atoms with Gasteiger partial charge in [0.15, 0.2) is 11.3 Å². The van der Waals surface area contributed by atoms with Crippen LogP contribution in [0, 0.1) is 6.92 Å². The molecule has 154 valence electrons. The Hall–Kier alpha value is -3.13. The molecule has 0 aliphatic carbocycles. The molecule has 0 N–H and O–H groups in total. The lowest BCUT2D eigenvalue weighted by Crippen LogP contribution is -2.39. The predicted octanol–water partition coefficient (Wildman–Crippen LogP) is 3.43. The van der Waals surface area contributed by atoms with E-state index < -0.39 is 12.1 Å². The molecule has 0 fully saturated rings. The van der Waals surface area contributed by atoms with Gasteiger partial charge in [0, 0.05) is 17.9 Å². The fourth-order valence-corrected chi connectivity index (χ4v) is 4.13. The van der Waals surface area contributed by atoms with E-state index in [0.29, 0.717) is 12.1 Å². The molecule has 1 aromatic heterocycles. The van der Waals surface area contributed by atoms with Gasteiger partial charge in [-0.15, -0.1) is 10.2 Å². The Bertz CT molecular complexity index is 1090. The van der Waals surface area contributed by atoms with Crippen LogP contribution >= 0.6 is 11.8 Å². The van der Waals surface area contributed by atoms with Crippen molar-refractivity contribution in [3.63, 3.8) is 0 Å². The number of amides is 1. The number of fused-ring (bicyclic) bond motifs is 1. The molecule has 1 aliphatic rings. The van der Waals surface area contributed by atoms with Crippen molar-refractivity contribution in [1.82, 2.24) is 14.8 Å². The van der Waals surface area contributed by atoms with Crippen molar-refractivity contribution in [3.05, 3.63) is 65.5 Å². The average Bonchev–Trinajstić information content (AvgIpc) is 3.36. The van der Waals surface area contributed by atoms with Gasteiger partial charge in [0.05, 0.1) is 5.56 Å². The molecule has 0 spiro atoms. The molecular formula is C22H22N4O3S. The normalized spacial score (nSPS) is 13.8. The number of hydrogen-bond donors (Lipinski definition) is 0. The minimum atomic E-state index is -0.869. The van der Waals surface area contributed by atoms with Crippen LogP contribution in [0.5, 0.6) is 0 Å². The summed E-state index contributed by atoms with van der Waals surface area (Å²) in [6.45, 7) is 4.09. The molecule has 1 aliphatic heterocycles. The van der Waals surface area contributed by atoms with Crippen LogP contribution in [-0.2, 0) is 16.0 Å². The Balaban J connectivity index is 1.45. The number of anilines is 1. The molecule has 7 nitrogen and oxygen atoms in total. The second-order valence-corrected chi connectivity index (χ2v) is 7.81. The first kappa shape index (κ1) is 20.2. The molecule has 1 unspecified atom stereocenters. The third kappa shape index (κ3) is 3.70. The summed E-state index contributed by atoms with van der Waals surface area (Å²) in [5.74, 6) is 0.0230. The largest absolute Gasteiger partial charge is 0.449 e. The highest BCUT2D eigenvalue weighted by molar-refractivity contribution is 7.98. The maximum absolute atomic E-state index is 12.8. The third-order valence-corrected chi connectivity index (χ3v) is 5.75. The molecule has 2 heterocycles. The minimum absolute atomic E-state index is 0.213. The number of carbonyl (C=O) groups excluding carboxylic acids is 2. The lowest BCUT2D eigenvalue weighted by molar-refractivity contribution is -0.126. The third-order valence-electron chi connectivity index (χ3n) is 5.12. The van der Waals surface area contributed by atoms with E-state index in [9.17, 15) is 9.59 Å². The van der Waals surface area contributed by atoms with Crippen LogP contribution in [-0.4, -0.2) is 45.5 Å². The lowest BCUT2D eigenvalue weighted by atomic mass is 10.2. The van der Waals surface area contributed by atoms with Crippen molar-refractivity contribution in [2.24, 2.45) is 0 Å². The van der Waals surface area contributed by atoms with E-state index >= 15 is 0 Å². The highest BCUT2D eigenvalue weighted by Crippen LogP contribution is 2.28. The zero-order chi connectivity index (χ0) is 21.3. The van der Waals surface area contributed by atoms with Crippen LogP contribution in [0.1, 0.15) is 28.7 Å². The van der Waals surface area contributed by atoms with Crippen LogP contribution in [0.2, 0.25) is 0 Å². The molecule has 0 saturated heterocycles. The molecule has 8 heteroatoms. The Labute approximate surface area is 179 Å². The Morgan fingerprint density at radius 2 is 1.83 bits per heavy atom. The van der Waals surface area contributed by atoms with Gasteiger partial charge < -0.3 is 9.64 Å². The smallest absolute Gasteiger partial charge is 0.338 e. The first-order chi connectivity index (χ1) is 14.5. The van der Waals surface area contributed by atoms with Gasteiger partial charge in [-0.2, -0.15) is 0 Å². The van der Waals surface area contributed by atoms with Gasteiger partial charge in [-0.05, 0) is 62.4 Å². The fourth-order valence-electron chi connectivity index (χ4n) is 3.58. The van der Waals surface area contributed by atoms with Crippen molar-refractivity contribution < 1.29 is 14.3 Å². The molecule has 30 heavy (non-hydrogen) atoms. The van der Waals surface area contributed by atoms with E-state index in [1.807, 2.05) is 54.1 Å². The van der Waals surface area contributed by atoms with E-state index in [2.05, 4.69) is 10.2 Å². The fraction of sp³-hybridized carbons (Fsp3) is 0.273. The predicted molar refractivity (Wildman–Crippen MR) is 115 cm³/mol. The Morgan fingerprint density at radius 1 is 1.10 bits per heavy atom. The summed E-state index contributed by atoms with van der Waals surface area (Å²) < 4.78 is 7.37. The minimum Gasteiger partial charge on any atom is -0.449 e. The van der Waals surface area contributed by atoms with Crippen LogP contribution in [0.15, 0.2) is 53.7 Å². The van der Waals surface area contributed by atoms with Crippen molar-refractivity contribution >= 4 is 29.3 Å². The van der Waals surface area contributed by atoms with E-state index in [-0.39, 0.29) is 5.91 Å². The molecule has 0 radical (unpaired) electrons. The number of nitrogens with zero attached hydrogens (tertiary/aromatic N) is 4. The summed E-state index contributed by atoms with van der Waals surface area (Å²) in [6.07, 6.45) is 1.87. The van der Waals surface area contributed by atoms with Gasteiger partial charge in [0.2, 0.25) is 0 Å². The molecular weight excluding hydrogens is 400 g/mol. The number of aromatic nitrogens is 3. The van der Waals surface area contributed by atoms with Crippen LogP contribution in [0.4, 0.5) is 5.69 Å². The Morgan fingerprint density at radius 3 is 2.57 bits per heavy atom. The summed E-state index contributed by atoms with van der Waals surface area (Å²) in [5.41, 5.74) is 3.27. The summed E-state index contributed by atoms with van der Waals surface area (Å²) >= 11 is 1.50. The lowest BCUT2D eigenvalue weighted by Gasteiger charge is -2.21. The van der Waals surface area contributed by atoms with Crippen molar-refractivity contribution in [2.45, 2.75) is 31.5 Å². The average molecular weight is 423 g/mol. The van der Waals surface area contributed by atoms with Crippen LogP contribution < -0.4 is 4.90 Å². The maximum atomic E-state index is 12.8. The van der Waals surface area contributed by atoms with Crippen LogP contribution in [0.25, 0.3) is 5.69 Å². The zero-order valence-electron chi connectivity index (χ0n) is 17.0. The molecule has 0 bridgehead atoms. The van der Waals surface area contributed by atoms with E-state index in [1.165, 1.54) is 11.8 Å². The van der Waals surface area contributed by atoms with Crippen molar-refractivity contribution in [2.75, 3.05) is 17.7 Å². The highest BCUT2D eigenvalue weighted by atomic mass is 32.2. The summed E-state index contributed by atoms with van der Waals surface area (Å²) in [6, 6.07) is 14.8. The highest BCUT2D eigenvalue weighted by Gasteiger charge is 2.30. The second-order valence-electron chi connectivity index (χ2n) is 7.03. The SMILES string of the molecule is CSc1nnc(C)n1-c1ccc(C(=O)OC(C)C(=O)N2CCc3ccccc32)cc1. The standard InChI is InChI=1S/C22H22N4O3S/c1-14(20(27)25-13-12-16-6-4-5-7-19(16)25)29-21(28)17-8-10-18(11-9-17)26-15(2)23-24-22(26)30-3/h4-11,14H,12-13H2,1-3H3. The van der Waals surface area contributed by atoms with Gasteiger partial charge in [-0.1, -0.05) is 30.0 Å². The number of aryl methyl sites for hydroxylation is 1.